The second-order valence-electron chi connectivity index (χ2n) is 8.02. The Morgan fingerprint density at radius 1 is 0.800 bits per heavy atom. The number of hydrogen-bond acceptors (Lipinski definition) is 1. The second kappa shape index (κ2) is 7.12. The Labute approximate surface area is 149 Å². The average Bonchev–Trinajstić information content (AvgIpc) is 2.68. The number of benzene rings is 2. The average molecular weight is 337 g/mol. The van der Waals surface area contributed by atoms with Crippen molar-refractivity contribution in [2.45, 2.75) is 63.7 Å². The van der Waals surface area contributed by atoms with Gasteiger partial charge >= 0.3 is 5.69 Å². The molecule has 0 spiro atoms. The fourth-order valence-corrected chi connectivity index (χ4v) is 5.14. The predicted molar refractivity (Wildman–Crippen MR) is 99.9 cm³/mol. The molecule has 2 aliphatic rings. The highest BCUT2D eigenvalue weighted by atomic mass is 19.1. The van der Waals surface area contributed by atoms with Gasteiger partial charge in [-0.1, -0.05) is 50.3 Å². The van der Waals surface area contributed by atoms with Crippen molar-refractivity contribution in [3.05, 3.63) is 46.7 Å². The molecule has 0 amide bonds. The minimum absolute atomic E-state index is 0.00763. The van der Waals surface area contributed by atoms with Gasteiger partial charge in [-0.25, -0.2) is 0 Å². The van der Waals surface area contributed by atoms with Crippen LogP contribution < -0.4 is 0 Å². The van der Waals surface area contributed by atoms with E-state index in [-0.39, 0.29) is 5.69 Å². The number of diazo groups is 1. The van der Waals surface area contributed by atoms with Gasteiger partial charge in [0.05, 0.1) is 0 Å². The van der Waals surface area contributed by atoms with E-state index in [1.807, 2.05) is 6.07 Å². The van der Waals surface area contributed by atoms with Gasteiger partial charge in [-0.3, -0.25) is 0 Å². The lowest BCUT2D eigenvalue weighted by Crippen LogP contribution is -2.23. The zero-order chi connectivity index (χ0) is 17.2. The van der Waals surface area contributed by atoms with Gasteiger partial charge in [-0.2, -0.15) is 4.39 Å². The van der Waals surface area contributed by atoms with E-state index in [0.717, 1.165) is 22.6 Å². The number of nitrogens with zero attached hydrogens (tertiary/aromatic N) is 2. The molecule has 0 radical (unpaired) electrons. The summed E-state index contributed by atoms with van der Waals surface area (Å²) >= 11 is 0. The van der Waals surface area contributed by atoms with E-state index >= 15 is 0 Å². The summed E-state index contributed by atoms with van der Waals surface area (Å²) in [4.78, 5) is 3.01. The maximum absolute atomic E-state index is 13.9. The Balaban J connectivity index is 1.48. The molecule has 0 aromatic heterocycles. The maximum atomic E-state index is 13.9. The molecule has 25 heavy (non-hydrogen) atoms. The van der Waals surface area contributed by atoms with Crippen molar-refractivity contribution in [3.8, 4) is 0 Å². The minimum Gasteiger partial charge on any atom is -0.198 e. The van der Waals surface area contributed by atoms with Crippen LogP contribution in [0.5, 0.6) is 0 Å². The zero-order valence-corrected chi connectivity index (χ0v) is 14.8. The van der Waals surface area contributed by atoms with Crippen LogP contribution >= 0.6 is 0 Å². The van der Waals surface area contributed by atoms with Crippen LogP contribution in [0.25, 0.3) is 15.7 Å². The van der Waals surface area contributed by atoms with Crippen LogP contribution in [0.15, 0.2) is 30.3 Å². The van der Waals surface area contributed by atoms with E-state index < -0.39 is 5.82 Å². The van der Waals surface area contributed by atoms with Crippen molar-refractivity contribution >= 4 is 16.5 Å². The first-order valence-electron chi connectivity index (χ1n) is 9.83. The fourth-order valence-electron chi connectivity index (χ4n) is 5.14. The van der Waals surface area contributed by atoms with Gasteiger partial charge in [0.25, 0.3) is 0 Å². The summed E-state index contributed by atoms with van der Waals surface area (Å²) in [6.07, 6.45) is 12.4. The van der Waals surface area contributed by atoms with Crippen LogP contribution in [-0.4, -0.2) is 0 Å². The maximum Gasteiger partial charge on any atom is 0.420 e. The van der Waals surface area contributed by atoms with Crippen molar-refractivity contribution in [3.63, 3.8) is 0 Å². The molecule has 2 saturated carbocycles. The van der Waals surface area contributed by atoms with E-state index in [1.54, 1.807) is 6.07 Å². The smallest absolute Gasteiger partial charge is 0.198 e. The normalized spacial score (nSPS) is 25.0. The lowest BCUT2D eigenvalue weighted by atomic mass is 9.70. The first-order valence-corrected chi connectivity index (χ1v) is 9.83. The number of hydrogen-bond donors (Lipinski definition) is 0. The third kappa shape index (κ3) is 3.40. The van der Waals surface area contributed by atoms with E-state index in [0.29, 0.717) is 5.92 Å². The van der Waals surface area contributed by atoms with Crippen molar-refractivity contribution in [2.75, 3.05) is 0 Å². The Kier molecular flexibility index (Phi) is 4.70. The molecule has 2 aromatic rings. The highest BCUT2D eigenvalue weighted by molar-refractivity contribution is 5.86. The highest BCUT2D eigenvalue weighted by Gasteiger charge is 2.29. The Morgan fingerprint density at radius 3 is 2.24 bits per heavy atom. The quantitative estimate of drug-likeness (QED) is 0.528. The van der Waals surface area contributed by atoms with Crippen molar-refractivity contribution in [1.82, 2.24) is 0 Å². The summed E-state index contributed by atoms with van der Waals surface area (Å²) < 4.78 is 13.9. The molecule has 2 aromatic carbocycles. The van der Waals surface area contributed by atoms with Crippen molar-refractivity contribution in [1.29, 1.82) is 5.39 Å². The molecule has 0 saturated heterocycles. The predicted octanol–water partition coefficient (Wildman–Crippen LogP) is 7.32. The summed E-state index contributed by atoms with van der Waals surface area (Å²) in [5.41, 5.74) is 1.34. The molecule has 0 unspecified atom stereocenters. The molecule has 0 bridgehead atoms. The number of fused-ring (bicyclic) bond motifs is 1. The SMILES string of the molecule is N#[N+]c1cc2ccc(C3CCC(C4CCCCC4)CC3)cc2cc1F. The van der Waals surface area contributed by atoms with Crippen LogP contribution in [0.3, 0.4) is 0 Å². The molecular formula is C22H26FN2+. The van der Waals surface area contributed by atoms with E-state index in [9.17, 15) is 4.39 Å². The van der Waals surface area contributed by atoms with Crippen LogP contribution in [0.2, 0.25) is 0 Å². The molecule has 130 valence electrons. The van der Waals surface area contributed by atoms with Crippen LogP contribution in [-0.2, 0) is 0 Å². The third-order valence-corrected chi connectivity index (χ3v) is 6.60. The lowest BCUT2D eigenvalue weighted by molar-refractivity contribution is 0.186. The van der Waals surface area contributed by atoms with E-state index in [1.165, 1.54) is 69.4 Å². The summed E-state index contributed by atoms with van der Waals surface area (Å²) in [6.45, 7) is 0. The van der Waals surface area contributed by atoms with Crippen molar-refractivity contribution < 1.29 is 4.39 Å². The number of halogens is 1. The molecule has 0 N–H and O–H groups in total. The summed E-state index contributed by atoms with van der Waals surface area (Å²) in [5.74, 6) is 2.05. The largest absolute Gasteiger partial charge is 0.420 e. The van der Waals surface area contributed by atoms with Gasteiger partial charge in [-0.15, -0.1) is 0 Å². The molecule has 3 heteroatoms. The molecule has 0 heterocycles. The van der Waals surface area contributed by atoms with Gasteiger partial charge in [0, 0.05) is 6.07 Å². The molecule has 2 nitrogen and oxygen atoms in total. The molecule has 0 aliphatic heterocycles. The first kappa shape index (κ1) is 16.5. The van der Waals surface area contributed by atoms with Gasteiger partial charge < -0.3 is 0 Å². The minimum atomic E-state index is -0.465. The zero-order valence-electron chi connectivity index (χ0n) is 14.8. The number of rotatable bonds is 2. The summed E-state index contributed by atoms with van der Waals surface area (Å²) in [5, 5.41) is 10.7. The lowest BCUT2D eigenvalue weighted by Gasteiger charge is -2.36. The topological polar surface area (TPSA) is 28.1 Å². The van der Waals surface area contributed by atoms with Gasteiger partial charge in [-0.05, 0) is 65.8 Å². The third-order valence-electron chi connectivity index (χ3n) is 6.60. The molecule has 4 rings (SSSR count). The molecule has 2 fully saturated rings. The van der Waals surface area contributed by atoms with Crippen molar-refractivity contribution in [2.24, 2.45) is 11.8 Å². The van der Waals surface area contributed by atoms with Gasteiger partial charge in [0.15, 0.2) is 4.98 Å². The monoisotopic (exact) mass is 337 g/mol. The summed E-state index contributed by atoms with van der Waals surface area (Å²) in [6, 6.07) is 9.43. The van der Waals surface area contributed by atoms with Crippen LogP contribution in [0.1, 0.15) is 69.3 Å². The second-order valence-corrected chi connectivity index (χ2v) is 8.02. The van der Waals surface area contributed by atoms with Gasteiger partial charge in [0.1, 0.15) is 0 Å². The Hall–Kier alpha value is -1.95. The molecule has 0 atom stereocenters. The van der Waals surface area contributed by atoms with Gasteiger partial charge in [0.2, 0.25) is 11.2 Å². The Bertz CT molecular complexity index is 794. The highest BCUT2D eigenvalue weighted by Crippen LogP contribution is 2.43. The van der Waals surface area contributed by atoms with E-state index in [2.05, 4.69) is 17.1 Å². The molecule has 2 aliphatic carbocycles. The molecular weight excluding hydrogens is 311 g/mol. The van der Waals surface area contributed by atoms with E-state index in [4.69, 9.17) is 5.39 Å². The fraction of sp³-hybridized carbons (Fsp3) is 0.545. The first-order chi connectivity index (χ1) is 12.2. The Morgan fingerprint density at radius 2 is 1.52 bits per heavy atom. The standard InChI is InChI=1S/C22H26FN2/c23-21-13-20-12-18(10-11-19(20)14-22(21)25-24)17-8-6-16(7-9-17)15-4-2-1-3-5-15/h10-17H,1-9H2/q+1. The summed E-state index contributed by atoms with van der Waals surface area (Å²) in [7, 11) is 0. The van der Waals surface area contributed by atoms with Crippen LogP contribution in [0, 0.1) is 23.0 Å². The van der Waals surface area contributed by atoms with Crippen LogP contribution in [0.4, 0.5) is 10.1 Å².